The predicted octanol–water partition coefficient (Wildman–Crippen LogP) is 1.92. The van der Waals surface area contributed by atoms with Gasteiger partial charge in [-0.05, 0) is 18.3 Å². The molecule has 0 amide bonds. The summed E-state index contributed by atoms with van der Waals surface area (Å²) in [5.41, 5.74) is 0.514. The topological polar surface area (TPSA) is 55.1 Å². The number of amidine groups is 1. The Morgan fingerprint density at radius 2 is 2.21 bits per heavy atom. The molecule has 1 fully saturated rings. The second-order valence-electron chi connectivity index (χ2n) is 5.56. The zero-order valence-corrected chi connectivity index (χ0v) is 12.0. The van der Waals surface area contributed by atoms with Crippen LogP contribution in [0.15, 0.2) is 17.4 Å². The molecular weight excluding hydrogens is 258 g/mol. The van der Waals surface area contributed by atoms with Crippen LogP contribution in [0.3, 0.4) is 0 Å². The lowest BCUT2D eigenvalue weighted by molar-refractivity contribution is 0.232. The summed E-state index contributed by atoms with van der Waals surface area (Å²) in [5.74, 6) is 1.24. The van der Waals surface area contributed by atoms with Gasteiger partial charge in [0.1, 0.15) is 0 Å². The quantitative estimate of drug-likeness (QED) is 0.918. The number of rotatable bonds is 3. The van der Waals surface area contributed by atoms with E-state index in [0.717, 1.165) is 24.8 Å². The highest BCUT2D eigenvalue weighted by molar-refractivity contribution is 8.13. The van der Waals surface area contributed by atoms with E-state index in [-0.39, 0.29) is 0 Å². The molecule has 104 valence electrons. The van der Waals surface area contributed by atoms with Gasteiger partial charge in [-0.25, -0.2) is 0 Å². The summed E-state index contributed by atoms with van der Waals surface area (Å²) < 4.78 is 1.84. The number of aliphatic imine (C=N–C) groups is 1. The summed E-state index contributed by atoms with van der Waals surface area (Å²) in [4.78, 5) is 4.75. The van der Waals surface area contributed by atoms with E-state index >= 15 is 0 Å². The normalized spacial score (nSPS) is 22.2. The van der Waals surface area contributed by atoms with Crippen LogP contribution in [0.1, 0.15) is 32.1 Å². The van der Waals surface area contributed by atoms with E-state index in [0.29, 0.717) is 5.41 Å². The molecule has 3 rings (SSSR count). The first-order valence-electron chi connectivity index (χ1n) is 7.12. The van der Waals surface area contributed by atoms with Gasteiger partial charge in [0.2, 0.25) is 0 Å². The molecule has 0 bridgehead atoms. The van der Waals surface area contributed by atoms with Gasteiger partial charge in [-0.3, -0.25) is 9.67 Å². The van der Waals surface area contributed by atoms with Crippen molar-refractivity contribution in [2.45, 2.75) is 38.6 Å². The maximum atomic E-state index is 4.75. The highest BCUT2D eigenvalue weighted by Crippen LogP contribution is 2.41. The highest BCUT2D eigenvalue weighted by Gasteiger charge is 2.34. The molecule has 19 heavy (non-hydrogen) atoms. The van der Waals surface area contributed by atoms with Crippen molar-refractivity contribution in [3.8, 4) is 0 Å². The van der Waals surface area contributed by atoms with Crippen LogP contribution in [0.4, 0.5) is 0 Å². The molecule has 1 aromatic heterocycles. The van der Waals surface area contributed by atoms with Gasteiger partial charge in [0.15, 0.2) is 5.17 Å². The minimum absolute atomic E-state index is 0.514. The maximum Gasteiger partial charge on any atom is 0.156 e. The molecule has 0 saturated heterocycles. The number of nitrogens with one attached hydrogen (secondary N) is 1. The lowest BCUT2D eigenvalue weighted by Crippen LogP contribution is -2.37. The summed E-state index contributed by atoms with van der Waals surface area (Å²) in [6.07, 6.45) is 10.5. The van der Waals surface area contributed by atoms with Crippen molar-refractivity contribution in [1.82, 2.24) is 20.3 Å². The Hall–Kier alpha value is -1.04. The Kier molecular flexibility index (Phi) is 4.06. The van der Waals surface area contributed by atoms with Crippen molar-refractivity contribution in [1.29, 1.82) is 0 Å². The third kappa shape index (κ3) is 3.29. The molecule has 5 nitrogen and oxygen atoms in total. The van der Waals surface area contributed by atoms with Crippen LogP contribution in [-0.2, 0) is 6.54 Å². The average molecular weight is 279 g/mol. The molecule has 0 unspecified atom stereocenters. The van der Waals surface area contributed by atoms with Gasteiger partial charge in [0, 0.05) is 25.0 Å². The van der Waals surface area contributed by atoms with Gasteiger partial charge in [-0.15, -0.1) is 5.10 Å². The van der Waals surface area contributed by atoms with Gasteiger partial charge in [0.25, 0.3) is 0 Å². The fraction of sp³-hybridized carbons (Fsp3) is 0.769. The third-order valence-corrected chi connectivity index (χ3v) is 5.38. The fourth-order valence-electron chi connectivity index (χ4n) is 2.89. The van der Waals surface area contributed by atoms with Gasteiger partial charge in [-0.1, -0.05) is 36.2 Å². The second-order valence-corrected chi connectivity index (χ2v) is 6.53. The first-order chi connectivity index (χ1) is 9.36. The molecule has 1 N–H and O–H groups in total. The standard InChI is InChI=1S/C13H21N5S/c1-2-4-13(5-3-1)10-15-12(19-11-13)14-6-8-18-9-7-16-17-18/h7,9H,1-6,8,10-11H2,(H,14,15). The highest BCUT2D eigenvalue weighted by atomic mass is 32.2. The van der Waals surface area contributed by atoms with E-state index in [9.17, 15) is 0 Å². The first-order valence-corrected chi connectivity index (χ1v) is 8.10. The zero-order chi connectivity index (χ0) is 13.0. The van der Waals surface area contributed by atoms with E-state index in [1.165, 1.54) is 37.9 Å². The number of thioether (sulfide) groups is 1. The van der Waals surface area contributed by atoms with Crippen molar-refractivity contribution >= 4 is 16.9 Å². The molecule has 1 spiro atoms. The second kappa shape index (κ2) is 5.94. The van der Waals surface area contributed by atoms with Crippen LogP contribution in [0.25, 0.3) is 0 Å². The van der Waals surface area contributed by atoms with E-state index < -0.39 is 0 Å². The van der Waals surface area contributed by atoms with Gasteiger partial charge in [-0.2, -0.15) is 0 Å². The lowest BCUT2D eigenvalue weighted by Gasteiger charge is -2.38. The van der Waals surface area contributed by atoms with Gasteiger partial charge >= 0.3 is 0 Å². The van der Waals surface area contributed by atoms with Crippen molar-refractivity contribution in [2.24, 2.45) is 10.4 Å². The lowest BCUT2D eigenvalue weighted by atomic mass is 9.75. The SMILES string of the molecule is c1cn(CCNC2=NCC3(CCCCC3)CS2)nn1. The van der Waals surface area contributed by atoms with Gasteiger partial charge in [0.05, 0.1) is 12.7 Å². The summed E-state index contributed by atoms with van der Waals surface area (Å²) in [5, 5.41) is 12.3. The molecule has 1 aliphatic heterocycles. The molecule has 0 aromatic carbocycles. The van der Waals surface area contributed by atoms with Crippen LogP contribution < -0.4 is 5.32 Å². The minimum Gasteiger partial charge on any atom is -0.363 e. The Balaban J connectivity index is 1.45. The van der Waals surface area contributed by atoms with E-state index in [4.69, 9.17) is 4.99 Å². The molecular formula is C13H21N5S. The molecule has 1 aromatic rings. The summed E-state index contributed by atoms with van der Waals surface area (Å²) in [7, 11) is 0. The molecule has 0 radical (unpaired) electrons. The monoisotopic (exact) mass is 279 g/mol. The molecule has 0 atom stereocenters. The Morgan fingerprint density at radius 3 is 2.89 bits per heavy atom. The Labute approximate surface area is 118 Å². The first kappa shape index (κ1) is 13.0. The smallest absolute Gasteiger partial charge is 0.156 e. The fourth-order valence-corrected chi connectivity index (χ4v) is 4.08. The van der Waals surface area contributed by atoms with Crippen LogP contribution >= 0.6 is 11.8 Å². The largest absolute Gasteiger partial charge is 0.363 e. The average Bonchev–Trinajstić information content (AvgIpc) is 2.96. The molecule has 6 heteroatoms. The van der Waals surface area contributed by atoms with Crippen molar-refractivity contribution in [2.75, 3.05) is 18.8 Å². The van der Waals surface area contributed by atoms with Gasteiger partial charge < -0.3 is 5.32 Å². The summed E-state index contributed by atoms with van der Waals surface area (Å²) in [6, 6.07) is 0. The van der Waals surface area contributed by atoms with E-state index in [1.807, 2.05) is 22.6 Å². The maximum absolute atomic E-state index is 4.75. The third-order valence-electron chi connectivity index (χ3n) is 4.08. The van der Waals surface area contributed by atoms with Crippen LogP contribution in [0, 0.1) is 5.41 Å². The Bertz CT molecular complexity index is 422. The Morgan fingerprint density at radius 1 is 1.32 bits per heavy atom. The number of nitrogens with zero attached hydrogens (tertiary/aromatic N) is 4. The van der Waals surface area contributed by atoms with Crippen molar-refractivity contribution in [3.05, 3.63) is 12.4 Å². The number of aromatic nitrogens is 3. The molecule has 1 saturated carbocycles. The van der Waals surface area contributed by atoms with Crippen LogP contribution in [0.2, 0.25) is 0 Å². The predicted molar refractivity (Wildman–Crippen MR) is 78.3 cm³/mol. The van der Waals surface area contributed by atoms with Crippen LogP contribution in [-0.4, -0.2) is 39.0 Å². The molecule has 2 aliphatic rings. The summed E-state index contributed by atoms with van der Waals surface area (Å²) >= 11 is 1.90. The van der Waals surface area contributed by atoms with Crippen LogP contribution in [0.5, 0.6) is 0 Å². The number of hydrogen-bond donors (Lipinski definition) is 1. The van der Waals surface area contributed by atoms with E-state index in [2.05, 4.69) is 15.6 Å². The number of hydrogen-bond acceptors (Lipinski definition) is 5. The van der Waals surface area contributed by atoms with Crippen molar-refractivity contribution in [3.63, 3.8) is 0 Å². The summed E-state index contributed by atoms with van der Waals surface area (Å²) in [6.45, 7) is 2.72. The molecule has 2 heterocycles. The zero-order valence-electron chi connectivity index (χ0n) is 11.2. The molecule has 1 aliphatic carbocycles. The minimum atomic E-state index is 0.514. The van der Waals surface area contributed by atoms with E-state index in [1.54, 1.807) is 6.20 Å². The van der Waals surface area contributed by atoms with Crippen molar-refractivity contribution < 1.29 is 0 Å².